The van der Waals surface area contributed by atoms with E-state index in [1.165, 1.54) is 0 Å². The molecule has 20 nitrogen and oxygen atoms in total. The highest BCUT2D eigenvalue weighted by Crippen LogP contribution is 2.01. The molecule has 0 aliphatic rings. The second kappa shape index (κ2) is 18.4. The topological polar surface area (TPSA) is 339 Å². The number of carboxylic acid groups (broad SMARTS) is 2. The summed E-state index contributed by atoms with van der Waals surface area (Å²) in [5, 5.41) is 39.2. The molecule has 0 aromatic heterocycles. The summed E-state index contributed by atoms with van der Waals surface area (Å²) in [6.07, 6.45) is -1.84. The Kier molecular flexibility index (Phi) is 16.2. The van der Waals surface area contributed by atoms with Gasteiger partial charge in [-0.1, -0.05) is 0 Å². The largest absolute Gasteiger partial charge is 0.481 e. The first-order valence-corrected chi connectivity index (χ1v) is 11.4. The number of nitrogens with two attached hydrogens (primary N) is 2. The van der Waals surface area contributed by atoms with Gasteiger partial charge in [-0.25, -0.2) is 0 Å². The van der Waals surface area contributed by atoms with Crippen molar-refractivity contribution in [3.05, 3.63) is 0 Å². The van der Waals surface area contributed by atoms with Crippen LogP contribution in [0.3, 0.4) is 0 Å². The molecule has 13 N–H and O–H groups in total. The van der Waals surface area contributed by atoms with Gasteiger partial charge in [-0.15, -0.1) is 0 Å². The summed E-state index contributed by atoms with van der Waals surface area (Å²) < 4.78 is 0. The van der Waals surface area contributed by atoms with Crippen molar-refractivity contribution in [2.24, 2.45) is 11.5 Å². The maximum Gasteiger partial charge on any atom is 0.322 e. The van der Waals surface area contributed by atoms with E-state index in [1.54, 1.807) is 0 Å². The van der Waals surface area contributed by atoms with Crippen LogP contribution in [0.2, 0.25) is 0 Å². The molecule has 20 heteroatoms. The van der Waals surface area contributed by atoms with Crippen LogP contribution in [-0.4, -0.2) is 120 Å². The molecule has 224 valence electrons. The number of carboxylic acids is 2. The second-order valence-corrected chi connectivity index (χ2v) is 7.90. The molecule has 3 atom stereocenters. The summed E-state index contributed by atoms with van der Waals surface area (Å²) in [5.74, 6) is -9.54. The number of nitrogens with one attached hydrogen (secondary N) is 6. The lowest BCUT2D eigenvalue weighted by Gasteiger charge is -2.22. The molecule has 0 aromatic carbocycles. The fourth-order valence-corrected chi connectivity index (χ4v) is 2.73. The fourth-order valence-electron chi connectivity index (χ4n) is 2.73. The predicted molar refractivity (Wildman–Crippen MR) is 129 cm³/mol. The summed E-state index contributed by atoms with van der Waals surface area (Å²) in [6.45, 7) is -3.50. The van der Waals surface area contributed by atoms with Gasteiger partial charge in [0.05, 0.1) is 32.7 Å². The van der Waals surface area contributed by atoms with Crippen LogP contribution in [0.1, 0.15) is 19.3 Å². The smallest absolute Gasteiger partial charge is 0.322 e. The Morgan fingerprint density at radius 2 is 1.18 bits per heavy atom. The highest BCUT2D eigenvalue weighted by atomic mass is 16.4. The highest BCUT2D eigenvalue weighted by molar-refractivity contribution is 5.96. The minimum absolute atomic E-state index is 0.450. The predicted octanol–water partition coefficient (Wildman–Crippen LogP) is -7.43. The summed E-state index contributed by atoms with van der Waals surface area (Å²) in [7, 11) is 0. The quantitative estimate of drug-likeness (QED) is 0.0681. The molecule has 0 saturated carbocycles. The van der Waals surface area contributed by atoms with Crippen LogP contribution in [0.25, 0.3) is 0 Å². The first-order valence-electron chi connectivity index (χ1n) is 11.4. The maximum absolute atomic E-state index is 12.7. The van der Waals surface area contributed by atoms with Crippen molar-refractivity contribution in [2.45, 2.75) is 37.4 Å². The van der Waals surface area contributed by atoms with Crippen LogP contribution in [0, 0.1) is 0 Å². The van der Waals surface area contributed by atoms with E-state index >= 15 is 0 Å². The standard InChI is InChI=1S/C20H32N8O12/c21-4-13(31)27-11(8-29)19(39)24-5-14(32)23-6-15(33)26-9(1-2-16(34)35)20(40)28-10(3-12(22)30)18(38)25-7-17(36)37/h9-11,29H,1-8,21H2,(H2,22,30)(H,23,32)(H,24,39)(H,25,38)(H,26,33)(H,27,31)(H,28,40)(H,34,35)(H,36,37)/t9-,10-,11-/m0/s1. The van der Waals surface area contributed by atoms with E-state index < -0.39 is 123 Å². The Morgan fingerprint density at radius 3 is 1.70 bits per heavy atom. The maximum atomic E-state index is 12.7. The van der Waals surface area contributed by atoms with Gasteiger partial charge in [0.25, 0.3) is 0 Å². The number of rotatable bonds is 19. The lowest BCUT2D eigenvalue weighted by atomic mass is 10.1. The molecule has 0 spiro atoms. The number of aliphatic hydroxyl groups is 1. The second-order valence-electron chi connectivity index (χ2n) is 7.90. The summed E-state index contributed by atoms with van der Waals surface area (Å²) in [5.41, 5.74) is 10.1. The molecule has 0 aliphatic heterocycles. The van der Waals surface area contributed by atoms with Crippen molar-refractivity contribution >= 4 is 53.3 Å². The number of hydrogen-bond acceptors (Lipinski definition) is 11. The van der Waals surface area contributed by atoms with Crippen molar-refractivity contribution in [1.29, 1.82) is 0 Å². The first kappa shape index (κ1) is 35.2. The third kappa shape index (κ3) is 15.4. The van der Waals surface area contributed by atoms with Crippen molar-refractivity contribution in [3.8, 4) is 0 Å². The summed E-state index contributed by atoms with van der Waals surface area (Å²) in [4.78, 5) is 105. The molecule has 40 heavy (non-hydrogen) atoms. The van der Waals surface area contributed by atoms with E-state index in [9.17, 15) is 43.2 Å². The average molecular weight is 577 g/mol. The van der Waals surface area contributed by atoms with Crippen molar-refractivity contribution in [1.82, 2.24) is 31.9 Å². The molecule has 0 bridgehead atoms. The molecular weight excluding hydrogens is 544 g/mol. The fraction of sp³-hybridized carbons (Fsp3) is 0.550. The normalized spacial score (nSPS) is 12.4. The van der Waals surface area contributed by atoms with E-state index in [0.717, 1.165) is 0 Å². The van der Waals surface area contributed by atoms with Crippen LogP contribution in [0.4, 0.5) is 0 Å². The summed E-state index contributed by atoms with van der Waals surface area (Å²) in [6, 6.07) is -4.60. The van der Waals surface area contributed by atoms with Crippen molar-refractivity contribution in [2.75, 3.05) is 32.8 Å². The van der Waals surface area contributed by atoms with Gasteiger partial charge in [-0.2, -0.15) is 0 Å². The molecule has 0 radical (unpaired) electrons. The van der Waals surface area contributed by atoms with Gasteiger partial charge in [-0.3, -0.25) is 43.2 Å². The zero-order chi connectivity index (χ0) is 30.8. The lowest BCUT2D eigenvalue weighted by molar-refractivity contribution is -0.138. The number of primary amides is 1. The molecule has 0 saturated heterocycles. The van der Waals surface area contributed by atoms with Gasteiger partial charge in [-0.05, 0) is 6.42 Å². The minimum atomic E-state index is -1.64. The molecule has 0 aliphatic carbocycles. The Labute approximate surface area is 225 Å². The summed E-state index contributed by atoms with van der Waals surface area (Å²) >= 11 is 0. The molecule has 0 aromatic rings. The zero-order valence-electron chi connectivity index (χ0n) is 21.1. The SMILES string of the molecule is NCC(=O)N[C@@H](CO)C(=O)NCC(=O)NCC(=O)N[C@@H](CCC(=O)O)C(=O)N[C@@H](CC(N)=O)C(=O)NCC(=O)O. The van der Waals surface area contributed by atoms with E-state index in [4.69, 9.17) is 26.8 Å². The third-order valence-corrected chi connectivity index (χ3v) is 4.64. The number of hydrogen-bond donors (Lipinski definition) is 11. The van der Waals surface area contributed by atoms with E-state index in [0.29, 0.717) is 0 Å². The van der Waals surface area contributed by atoms with Gasteiger partial charge in [0.2, 0.25) is 41.4 Å². The van der Waals surface area contributed by atoms with E-state index in [1.807, 2.05) is 5.32 Å². The van der Waals surface area contributed by atoms with Gasteiger partial charge in [0.15, 0.2) is 0 Å². The molecule has 0 rings (SSSR count). The van der Waals surface area contributed by atoms with E-state index in [-0.39, 0.29) is 0 Å². The van der Waals surface area contributed by atoms with Crippen LogP contribution < -0.4 is 43.4 Å². The highest BCUT2D eigenvalue weighted by Gasteiger charge is 2.29. The molecule has 0 fully saturated rings. The zero-order valence-corrected chi connectivity index (χ0v) is 21.1. The third-order valence-electron chi connectivity index (χ3n) is 4.64. The Morgan fingerprint density at radius 1 is 0.625 bits per heavy atom. The monoisotopic (exact) mass is 576 g/mol. The van der Waals surface area contributed by atoms with Crippen LogP contribution in [-0.2, 0) is 43.2 Å². The molecule has 7 amide bonds. The van der Waals surface area contributed by atoms with Crippen molar-refractivity contribution < 1.29 is 58.5 Å². The lowest BCUT2D eigenvalue weighted by Crippen LogP contribution is -2.56. The van der Waals surface area contributed by atoms with E-state index in [2.05, 4.69) is 26.6 Å². The molecular formula is C20H32N8O12. The number of carbonyl (C=O) groups is 9. The number of amides is 7. The Hall–Kier alpha value is -4.85. The minimum Gasteiger partial charge on any atom is -0.481 e. The Balaban J connectivity index is 5.11. The van der Waals surface area contributed by atoms with Crippen LogP contribution in [0.15, 0.2) is 0 Å². The molecule has 0 heterocycles. The molecule has 0 unspecified atom stereocenters. The van der Waals surface area contributed by atoms with Gasteiger partial charge in [0, 0.05) is 6.42 Å². The van der Waals surface area contributed by atoms with Gasteiger partial charge >= 0.3 is 11.9 Å². The Bertz CT molecular complexity index is 989. The number of aliphatic hydroxyl groups excluding tert-OH is 1. The van der Waals surface area contributed by atoms with Gasteiger partial charge in [0.1, 0.15) is 24.7 Å². The van der Waals surface area contributed by atoms with Crippen molar-refractivity contribution in [3.63, 3.8) is 0 Å². The van der Waals surface area contributed by atoms with Crippen LogP contribution >= 0.6 is 0 Å². The van der Waals surface area contributed by atoms with Crippen LogP contribution in [0.5, 0.6) is 0 Å². The average Bonchev–Trinajstić information content (AvgIpc) is 2.88. The number of aliphatic carboxylic acids is 2. The first-order chi connectivity index (χ1) is 18.7. The van der Waals surface area contributed by atoms with Gasteiger partial charge < -0.3 is 58.7 Å². The number of carbonyl (C=O) groups excluding carboxylic acids is 7.